The lowest BCUT2D eigenvalue weighted by Gasteiger charge is -2.21. The second-order valence-corrected chi connectivity index (χ2v) is 6.72. The molecule has 0 fully saturated rings. The molecule has 3 N–H and O–H groups in total. The van der Waals surface area contributed by atoms with Gasteiger partial charge in [0.1, 0.15) is 0 Å². The number of aromatic nitrogens is 2. The van der Waals surface area contributed by atoms with Crippen LogP contribution in [-0.4, -0.2) is 45.4 Å². The summed E-state index contributed by atoms with van der Waals surface area (Å²) in [5.41, 5.74) is 1.40. The van der Waals surface area contributed by atoms with Gasteiger partial charge in [-0.1, -0.05) is 13.8 Å². The van der Waals surface area contributed by atoms with Gasteiger partial charge in [-0.25, -0.2) is 13.1 Å². The maximum Gasteiger partial charge on any atom is 0.260 e. The number of ether oxygens (including phenoxy) is 1. The molecule has 0 aliphatic rings. The summed E-state index contributed by atoms with van der Waals surface area (Å²) < 4.78 is 32.6. The first-order valence-electron chi connectivity index (χ1n) is 6.53. The van der Waals surface area contributed by atoms with Crippen molar-refractivity contribution in [3.05, 3.63) is 11.3 Å². The van der Waals surface area contributed by atoms with Crippen LogP contribution < -0.4 is 10.0 Å². The van der Waals surface area contributed by atoms with Crippen molar-refractivity contribution < 1.29 is 13.2 Å². The second-order valence-electron chi connectivity index (χ2n) is 5.09. The molecule has 0 aromatic carbocycles. The number of nitrogens with zero attached hydrogens (tertiary/aromatic N) is 1. The molecular formula is C12H24N4O3S. The molecule has 0 aliphatic carbocycles. The van der Waals surface area contributed by atoms with Crippen molar-refractivity contribution in [3.63, 3.8) is 0 Å². The van der Waals surface area contributed by atoms with Crippen molar-refractivity contribution in [2.24, 2.45) is 5.92 Å². The molecule has 0 radical (unpaired) electrons. The minimum Gasteiger partial charge on any atom is -0.383 e. The van der Waals surface area contributed by atoms with E-state index in [0.717, 1.165) is 5.69 Å². The SMILES string of the molecule is CNCc1c(S(=O)(=O)NC(COC)C(C)C)n[nH]c1C. The van der Waals surface area contributed by atoms with Crippen molar-refractivity contribution in [2.75, 3.05) is 20.8 Å². The fourth-order valence-electron chi connectivity index (χ4n) is 1.83. The van der Waals surface area contributed by atoms with Crippen molar-refractivity contribution in [3.8, 4) is 0 Å². The number of hydrogen-bond acceptors (Lipinski definition) is 5. The zero-order valence-corrected chi connectivity index (χ0v) is 13.5. The van der Waals surface area contributed by atoms with Gasteiger partial charge in [0.05, 0.1) is 6.61 Å². The Bertz CT molecular complexity index is 525. The van der Waals surface area contributed by atoms with E-state index in [-0.39, 0.29) is 17.0 Å². The Morgan fingerprint density at radius 1 is 1.40 bits per heavy atom. The fourth-order valence-corrected chi connectivity index (χ4v) is 3.40. The summed E-state index contributed by atoms with van der Waals surface area (Å²) in [7, 11) is -0.359. The zero-order valence-electron chi connectivity index (χ0n) is 12.6. The number of nitrogens with one attached hydrogen (secondary N) is 3. The lowest BCUT2D eigenvalue weighted by molar-refractivity contribution is 0.157. The molecule has 0 saturated carbocycles. The van der Waals surface area contributed by atoms with Gasteiger partial charge in [-0.3, -0.25) is 5.10 Å². The number of methoxy groups -OCH3 is 1. The van der Waals surface area contributed by atoms with E-state index in [1.807, 2.05) is 13.8 Å². The monoisotopic (exact) mass is 304 g/mol. The van der Waals surface area contributed by atoms with Gasteiger partial charge in [0.25, 0.3) is 10.0 Å². The summed E-state index contributed by atoms with van der Waals surface area (Å²) >= 11 is 0. The van der Waals surface area contributed by atoms with E-state index in [1.165, 1.54) is 0 Å². The predicted octanol–water partition coefficient (Wildman–Crippen LogP) is 0.387. The first kappa shape index (κ1) is 17.1. The summed E-state index contributed by atoms with van der Waals surface area (Å²) in [4.78, 5) is 0. The van der Waals surface area contributed by atoms with E-state index in [2.05, 4.69) is 20.2 Å². The zero-order chi connectivity index (χ0) is 15.3. The van der Waals surface area contributed by atoms with E-state index in [1.54, 1.807) is 21.1 Å². The first-order valence-corrected chi connectivity index (χ1v) is 8.01. The molecule has 20 heavy (non-hydrogen) atoms. The summed E-state index contributed by atoms with van der Waals surface area (Å²) in [5.74, 6) is 0.123. The molecule has 8 heteroatoms. The molecule has 0 aliphatic heterocycles. The minimum absolute atomic E-state index is 0.0473. The maximum absolute atomic E-state index is 12.5. The van der Waals surface area contributed by atoms with Crippen LogP contribution in [0.5, 0.6) is 0 Å². The normalized spacial score (nSPS) is 13.9. The highest BCUT2D eigenvalue weighted by molar-refractivity contribution is 7.89. The van der Waals surface area contributed by atoms with Crippen molar-refractivity contribution in [2.45, 2.75) is 38.4 Å². The van der Waals surface area contributed by atoms with Gasteiger partial charge in [0, 0.05) is 31.0 Å². The van der Waals surface area contributed by atoms with Gasteiger partial charge in [0.15, 0.2) is 5.03 Å². The lowest BCUT2D eigenvalue weighted by Crippen LogP contribution is -2.42. The number of aromatic amines is 1. The number of H-pyrrole nitrogens is 1. The molecule has 7 nitrogen and oxygen atoms in total. The van der Waals surface area contributed by atoms with Gasteiger partial charge in [0.2, 0.25) is 0 Å². The number of hydrogen-bond donors (Lipinski definition) is 3. The first-order chi connectivity index (χ1) is 9.33. The average molecular weight is 304 g/mol. The predicted molar refractivity (Wildman–Crippen MR) is 76.9 cm³/mol. The van der Waals surface area contributed by atoms with Crippen LogP contribution in [-0.2, 0) is 21.3 Å². The Kier molecular flexibility index (Phi) is 6.12. The van der Waals surface area contributed by atoms with Crippen LogP contribution in [0.1, 0.15) is 25.1 Å². The fraction of sp³-hybridized carbons (Fsp3) is 0.750. The summed E-state index contributed by atoms with van der Waals surface area (Å²) in [6, 6.07) is -0.288. The quantitative estimate of drug-likeness (QED) is 0.645. The van der Waals surface area contributed by atoms with E-state index in [9.17, 15) is 8.42 Å². The topological polar surface area (TPSA) is 96.1 Å². The molecule has 116 valence electrons. The Labute approximate surface area is 120 Å². The number of sulfonamides is 1. The molecule has 1 aromatic rings. The maximum atomic E-state index is 12.5. The third-order valence-corrected chi connectivity index (χ3v) is 4.56. The van der Waals surface area contributed by atoms with E-state index >= 15 is 0 Å². The van der Waals surface area contributed by atoms with Crippen LogP contribution in [0.25, 0.3) is 0 Å². The van der Waals surface area contributed by atoms with E-state index in [0.29, 0.717) is 18.7 Å². The smallest absolute Gasteiger partial charge is 0.260 e. The van der Waals surface area contributed by atoms with Gasteiger partial charge < -0.3 is 10.1 Å². The highest BCUT2D eigenvalue weighted by Gasteiger charge is 2.27. The van der Waals surface area contributed by atoms with Gasteiger partial charge in [-0.2, -0.15) is 5.10 Å². The Morgan fingerprint density at radius 2 is 2.05 bits per heavy atom. The third kappa shape index (κ3) is 4.02. The molecule has 1 heterocycles. The molecule has 0 bridgehead atoms. The van der Waals surface area contributed by atoms with Gasteiger partial charge in [-0.05, 0) is 19.9 Å². The second kappa shape index (κ2) is 7.16. The largest absolute Gasteiger partial charge is 0.383 e. The van der Waals surface area contributed by atoms with Crippen LogP contribution in [0.15, 0.2) is 5.03 Å². The summed E-state index contributed by atoms with van der Waals surface area (Å²) in [5, 5.41) is 9.64. The van der Waals surface area contributed by atoms with Crippen LogP contribution in [0.2, 0.25) is 0 Å². The molecular weight excluding hydrogens is 280 g/mol. The Morgan fingerprint density at radius 3 is 2.55 bits per heavy atom. The van der Waals surface area contributed by atoms with Gasteiger partial charge in [-0.15, -0.1) is 0 Å². The molecule has 1 unspecified atom stereocenters. The molecule has 1 aromatic heterocycles. The highest BCUT2D eigenvalue weighted by Crippen LogP contribution is 2.17. The molecule has 1 rings (SSSR count). The lowest BCUT2D eigenvalue weighted by atomic mass is 10.1. The number of rotatable bonds is 8. The van der Waals surface area contributed by atoms with Crippen molar-refractivity contribution in [1.29, 1.82) is 0 Å². The third-order valence-electron chi connectivity index (χ3n) is 3.10. The Hall–Kier alpha value is -0.960. The number of aryl methyl sites for hydroxylation is 1. The summed E-state index contributed by atoms with van der Waals surface area (Å²) in [6.07, 6.45) is 0. The molecule has 0 spiro atoms. The molecule has 0 amide bonds. The van der Waals surface area contributed by atoms with Crippen molar-refractivity contribution in [1.82, 2.24) is 20.2 Å². The molecule has 0 saturated heterocycles. The van der Waals surface area contributed by atoms with Crippen LogP contribution in [0, 0.1) is 12.8 Å². The van der Waals surface area contributed by atoms with Crippen LogP contribution >= 0.6 is 0 Å². The summed E-state index contributed by atoms with van der Waals surface area (Å²) in [6.45, 7) is 6.44. The van der Waals surface area contributed by atoms with Crippen LogP contribution in [0.4, 0.5) is 0 Å². The van der Waals surface area contributed by atoms with Crippen molar-refractivity contribution >= 4 is 10.0 Å². The standard InChI is InChI=1S/C12H24N4O3S/c1-8(2)11(7-19-5)16-20(17,18)12-10(6-13-4)9(3)14-15-12/h8,11,13,16H,6-7H2,1-5H3,(H,14,15). The highest BCUT2D eigenvalue weighted by atomic mass is 32.2. The minimum atomic E-state index is -3.67. The van der Waals surface area contributed by atoms with E-state index in [4.69, 9.17) is 4.74 Å². The average Bonchev–Trinajstić information content (AvgIpc) is 2.71. The van der Waals surface area contributed by atoms with Gasteiger partial charge >= 0.3 is 0 Å². The Balaban J connectivity index is 3.04. The van der Waals surface area contributed by atoms with Crippen LogP contribution in [0.3, 0.4) is 0 Å². The molecule has 1 atom stereocenters. The van der Waals surface area contributed by atoms with E-state index < -0.39 is 10.0 Å².